The zero-order valence-electron chi connectivity index (χ0n) is 18.3. The summed E-state index contributed by atoms with van der Waals surface area (Å²) in [4.78, 5) is 0. The Balaban J connectivity index is 1.52. The topological polar surface area (TPSA) is 0 Å². The van der Waals surface area contributed by atoms with Crippen LogP contribution in [0.1, 0.15) is 93.4 Å². The van der Waals surface area contributed by atoms with Gasteiger partial charge < -0.3 is 0 Å². The Morgan fingerprint density at radius 2 is 1.41 bits per heavy atom. The van der Waals surface area contributed by atoms with Gasteiger partial charge in [-0.3, -0.25) is 0 Å². The van der Waals surface area contributed by atoms with Crippen molar-refractivity contribution < 1.29 is 0 Å². The monoisotopic (exact) mass is 384 g/mol. The van der Waals surface area contributed by atoms with Gasteiger partial charge in [0.1, 0.15) is 0 Å². The van der Waals surface area contributed by atoms with Crippen LogP contribution in [0.4, 0.5) is 0 Å². The molecule has 0 saturated carbocycles. The molecule has 0 heteroatoms. The van der Waals surface area contributed by atoms with Crippen molar-refractivity contribution in [3.05, 3.63) is 82.4 Å². The first-order chi connectivity index (χ1) is 14.3. The number of unbranched alkanes of at least 4 members (excludes halogenated alkanes) is 3. The Bertz CT molecular complexity index is 824. The molecule has 1 aliphatic rings. The molecule has 0 heterocycles. The molecule has 0 bridgehead atoms. The zero-order valence-corrected chi connectivity index (χ0v) is 18.3. The fourth-order valence-electron chi connectivity index (χ4n) is 4.07. The van der Waals surface area contributed by atoms with Crippen molar-refractivity contribution in [1.29, 1.82) is 0 Å². The zero-order chi connectivity index (χ0) is 20.3. The maximum absolute atomic E-state index is 3.43. The summed E-state index contributed by atoms with van der Waals surface area (Å²) in [6, 6.07) is 18.2. The lowest BCUT2D eigenvalue weighted by Gasteiger charge is -2.20. The highest BCUT2D eigenvalue weighted by Gasteiger charge is 2.15. The summed E-state index contributed by atoms with van der Waals surface area (Å²) in [7, 11) is 0. The maximum Gasteiger partial charge on any atom is 0.0249 e. The van der Waals surface area contributed by atoms with Crippen LogP contribution >= 0.6 is 0 Å². The number of aryl methyl sites for hydroxylation is 2. The first-order valence-corrected chi connectivity index (χ1v) is 11.7. The van der Waals surface area contributed by atoms with E-state index in [-0.39, 0.29) is 0 Å². The molecule has 0 saturated heterocycles. The summed E-state index contributed by atoms with van der Waals surface area (Å²) in [5.41, 5.74) is 6.85. The lowest BCUT2D eigenvalue weighted by molar-refractivity contribution is 0.607. The Hall–Kier alpha value is -2.26. The minimum atomic E-state index is 0.656. The van der Waals surface area contributed by atoms with Gasteiger partial charge in [0, 0.05) is 5.56 Å². The molecule has 0 fully saturated rings. The number of benzene rings is 2. The molecular weight excluding hydrogens is 348 g/mol. The molecule has 0 nitrogen and oxygen atoms in total. The number of hydrogen-bond donors (Lipinski definition) is 0. The Labute approximate surface area is 178 Å². The van der Waals surface area contributed by atoms with Crippen LogP contribution < -0.4 is 0 Å². The van der Waals surface area contributed by atoms with E-state index in [1.54, 1.807) is 0 Å². The van der Waals surface area contributed by atoms with Crippen molar-refractivity contribution in [3.8, 4) is 11.8 Å². The van der Waals surface area contributed by atoms with Gasteiger partial charge in [-0.25, -0.2) is 0 Å². The van der Waals surface area contributed by atoms with Gasteiger partial charge in [-0.15, -0.1) is 0 Å². The van der Waals surface area contributed by atoms with Crippen molar-refractivity contribution in [2.45, 2.75) is 84.0 Å². The van der Waals surface area contributed by atoms with Crippen molar-refractivity contribution in [2.24, 2.45) is 0 Å². The number of allylic oxidation sites excluding steroid dienone is 2. The lowest BCUT2D eigenvalue weighted by atomic mass is 9.84. The molecule has 0 amide bonds. The van der Waals surface area contributed by atoms with E-state index in [0.717, 1.165) is 18.4 Å². The maximum atomic E-state index is 3.43. The average Bonchev–Trinajstić information content (AvgIpc) is 2.78. The molecule has 0 aliphatic heterocycles. The van der Waals surface area contributed by atoms with Crippen LogP contribution in [0.5, 0.6) is 0 Å². The smallest absolute Gasteiger partial charge is 0.0249 e. The van der Waals surface area contributed by atoms with Gasteiger partial charge in [-0.2, -0.15) is 0 Å². The average molecular weight is 385 g/mol. The van der Waals surface area contributed by atoms with E-state index in [4.69, 9.17) is 0 Å². The third-order valence-corrected chi connectivity index (χ3v) is 6.07. The second-order valence-electron chi connectivity index (χ2n) is 8.45. The molecule has 1 aliphatic carbocycles. The first-order valence-electron chi connectivity index (χ1n) is 11.7. The standard InChI is InChI=1S/C29H36/c1-3-5-7-9-25-10-12-26(13-11-25)14-15-27-18-22-29(23-19-27)28-20-16-24(17-21-28)8-6-4-2/h10-13,16-18,20-21,29H,3-9,19,22-23H2,1-2H3. The molecule has 3 rings (SSSR count). The third kappa shape index (κ3) is 6.93. The highest BCUT2D eigenvalue weighted by atomic mass is 14.2. The minimum absolute atomic E-state index is 0.656. The van der Waals surface area contributed by atoms with Crippen molar-refractivity contribution >= 4 is 0 Å². The third-order valence-electron chi connectivity index (χ3n) is 6.07. The van der Waals surface area contributed by atoms with Crippen LogP contribution in [0.2, 0.25) is 0 Å². The first kappa shape index (κ1) is 21.4. The molecule has 0 aromatic heterocycles. The molecule has 2 aromatic rings. The fourth-order valence-corrected chi connectivity index (χ4v) is 4.07. The normalized spacial score (nSPS) is 16.1. The van der Waals surface area contributed by atoms with Gasteiger partial charge in [0.2, 0.25) is 0 Å². The van der Waals surface area contributed by atoms with Crippen molar-refractivity contribution in [1.82, 2.24) is 0 Å². The van der Waals surface area contributed by atoms with Gasteiger partial charge >= 0.3 is 0 Å². The summed E-state index contributed by atoms with van der Waals surface area (Å²) < 4.78 is 0. The number of rotatable bonds is 8. The summed E-state index contributed by atoms with van der Waals surface area (Å²) >= 11 is 0. The van der Waals surface area contributed by atoms with Crippen LogP contribution in [0.3, 0.4) is 0 Å². The van der Waals surface area contributed by atoms with Gasteiger partial charge in [-0.05, 0) is 85.3 Å². The molecule has 2 aromatic carbocycles. The highest BCUT2D eigenvalue weighted by molar-refractivity contribution is 5.42. The molecule has 1 unspecified atom stereocenters. The predicted molar refractivity (Wildman–Crippen MR) is 126 cm³/mol. The van der Waals surface area contributed by atoms with Gasteiger partial charge in [-0.1, -0.05) is 87.4 Å². The van der Waals surface area contributed by atoms with E-state index in [2.05, 4.69) is 80.3 Å². The van der Waals surface area contributed by atoms with E-state index >= 15 is 0 Å². The highest BCUT2D eigenvalue weighted by Crippen LogP contribution is 2.32. The fraction of sp³-hybridized carbons (Fsp3) is 0.448. The van der Waals surface area contributed by atoms with Crippen LogP contribution in [0.25, 0.3) is 0 Å². The van der Waals surface area contributed by atoms with E-state index in [9.17, 15) is 0 Å². The summed E-state index contributed by atoms with van der Waals surface area (Å²) in [5.74, 6) is 7.45. The SMILES string of the molecule is CCCCCc1ccc(C#CC2=CCC(c3ccc(CCCC)cc3)CC2)cc1. The van der Waals surface area contributed by atoms with E-state index in [1.807, 2.05) is 0 Å². The lowest BCUT2D eigenvalue weighted by Crippen LogP contribution is -2.04. The Kier molecular flexibility index (Phi) is 8.63. The van der Waals surface area contributed by atoms with Crippen LogP contribution in [-0.2, 0) is 12.8 Å². The summed E-state index contributed by atoms with van der Waals surface area (Å²) in [5, 5.41) is 0. The van der Waals surface area contributed by atoms with Crippen molar-refractivity contribution in [3.63, 3.8) is 0 Å². The molecule has 29 heavy (non-hydrogen) atoms. The van der Waals surface area contributed by atoms with Crippen LogP contribution in [0.15, 0.2) is 60.2 Å². The second-order valence-corrected chi connectivity index (χ2v) is 8.45. The van der Waals surface area contributed by atoms with E-state index in [0.29, 0.717) is 5.92 Å². The quantitative estimate of drug-likeness (QED) is 0.319. The molecule has 1 atom stereocenters. The second kappa shape index (κ2) is 11.7. The predicted octanol–water partition coefficient (Wildman–Crippen LogP) is 8.01. The largest absolute Gasteiger partial charge is 0.0723 e. The Morgan fingerprint density at radius 1 is 0.759 bits per heavy atom. The number of hydrogen-bond acceptors (Lipinski definition) is 0. The molecular formula is C29H36. The Morgan fingerprint density at radius 3 is 2.03 bits per heavy atom. The van der Waals surface area contributed by atoms with Gasteiger partial charge in [0.05, 0.1) is 0 Å². The summed E-state index contributed by atoms with van der Waals surface area (Å²) in [6.07, 6.45) is 14.6. The molecule has 152 valence electrons. The van der Waals surface area contributed by atoms with Gasteiger partial charge in [0.15, 0.2) is 0 Å². The van der Waals surface area contributed by atoms with Crippen LogP contribution in [-0.4, -0.2) is 0 Å². The van der Waals surface area contributed by atoms with E-state index in [1.165, 1.54) is 73.6 Å². The van der Waals surface area contributed by atoms with Gasteiger partial charge in [0.25, 0.3) is 0 Å². The molecule has 0 radical (unpaired) electrons. The summed E-state index contributed by atoms with van der Waals surface area (Å²) in [6.45, 7) is 4.51. The molecule has 0 spiro atoms. The van der Waals surface area contributed by atoms with Crippen molar-refractivity contribution in [2.75, 3.05) is 0 Å². The minimum Gasteiger partial charge on any atom is -0.0723 e. The van der Waals surface area contributed by atoms with Crippen LogP contribution in [0, 0.1) is 11.8 Å². The molecule has 0 N–H and O–H groups in total. The van der Waals surface area contributed by atoms with E-state index < -0.39 is 0 Å².